The van der Waals surface area contributed by atoms with Gasteiger partial charge in [-0.05, 0) is 75.1 Å². The molecule has 2 aromatic carbocycles. The molecule has 0 spiro atoms. The lowest BCUT2D eigenvalue weighted by atomic mass is 9.95. The summed E-state index contributed by atoms with van der Waals surface area (Å²) in [5.41, 5.74) is 0.878. The molecule has 0 saturated carbocycles. The van der Waals surface area contributed by atoms with Crippen molar-refractivity contribution in [2.45, 2.75) is 69.9 Å². The Morgan fingerprint density at radius 3 is 2.40 bits per heavy atom. The van der Waals surface area contributed by atoms with Crippen LogP contribution in [-0.2, 0) is 27.9 Å². The Labute approximate surface area is 274 Å². The molecule has 2 aliphatic rings. The van der Waals surface area contributed by atoms with E-state index in [2.05, 4.69) is 25.8 Å². The second kappa shape index (κ2) is 13.0. The second-order valence-corrected chi connectivity index (χ2v) is 12.9. The van der Waals surface area contributed by atoms with Crippen molar-refractivity contribution in [2.75, 3.05) is 23.7 Å². The topological polar surface area (TPSA) is 141 Å². The molecule has 4 heterocycles. The summed E-state index contributed by atoms with van der Waals surface area (Å²) in [5.74, 6) is -1.20. The van der Waals surface area contributed by atoms with E-state index in [0.29, 0.717) is 29.6 Å². The zero-order valence-corrected chi connectivity index (χ0v) is 26.5. The molecule has 0 radical (unpaired) electrons. The fraction of sp³-hybridized carbons (Fsp3) is 0.382. The van der Waals surface area contributed by atoms with Gasteiger partial charge >= 0.3 is 6.18 Å². The highest BCUT2D eigenvalue weighted by Crippen LogP contribution is 2.34. The van der Waals surface area contributed by atoms with E-state index in [1.165, 1.54) is 0 Å². The van der Waals surface area contributed by atoms with Gasteiger partial charge in [-0.25, -0.2) is 0 Å². The molecule has 1 atom stereocenters. The summed E-state index contributed by atoms with van der Waals surface area (Å²) >= 11 is 0. The number of rotatable bonds is 8. The van der Waals surface area contributed by atoms with Crippen LogP contribution >= 0.6 is 0 Å². The zero-order valence-electron chi connectivity index (χ0n) is 26.5. The maximum atomic E-state index is 13.0. The van der Waals surface area contributed by atoms with Gasteiger partial charge < -0.3 is 15.7 Å². The van der Waals surface area contributed by atoms with Crippen LogP contribution in [0.2, 0.25) is 0 Å². The van der Waals surface area contributed by atoms with Crippen molar-refractivity contribution in [1.29, 1.82) is 0 Å². The van der Waals surface area contributed by atoms with Crippen molar-refractivity contribution in [2.24, 2.45) is 0 Å². The predicted octanol–water partition coefficient (Wildman–Crippen LogP) is 4.98. The summed E-state index contributed by atoms with van der Waals surface area (Å²) in [4.78, 5) is 42.1. The largest absolute Gasteiger partial charge is 0.433 e. The number of halogens is 3. The van der Waals surface area contributed by atoms with Crippen molar-refractivity contribution in [3.63, 3.8) is 0 Å². The minimum atomic E-state index is -4.61. The second-order valence-electron chi connectivity index (χ2n) is 12.9. The summed E-state index contributed by atoms with van der Waals surface area (Å²) in [6.45, 7) is 5.65. The number of hydrogen-bond acceptors (Lipinski definition) is 8. The van der Waals surface area contributed by atoms with Crippen LogP contribution in [0.25, 0.3) is 10.9 Å². The first-order valence-electron chi connectivity index (χ1n) is 15.7. The third-order valence-corrected chi connectivity index (χ3v) is 8.76. The summed E-state index contributed by atoms with van der Waals surface area (Å²) < 4.78 is 40.7. The monoisotopic (exact) mass is 663 g/mol. The number of amides is 3. The number of carbonyl (C=O) groups is 3. The number of aromatic nitrogens is 3. The molecule has 0 bridgehead atoms. The minimum absolute atomic E-state index is 0.0490. The van der Waals surface area contributed by atoms with Gasteiger partial charge in [0.05, 0.1) is 22.7 Å². The maximum absolute atomic E-state index is 13.0. The van der Waals surface area contributed by atoms with Gasteiger partial charge in [0.2, 0.25) is 11.8 Å². The van der Waals surface area contributed by atoms with Gasteiger partial charge in [-0.1, -0.05) is 12.1 Å². The van der Waals surface area contributed by atoms with Crippen LogP contribution in [0, 0.1) is 0 Å². The van der Waals surface area contributed by atoms with Crippen LogP contribution in [0.3, 0.4) is 0 Å². The van der Waals surface area contributed by atoms with Crippen molar-refractivity contribution >= 4 is 40.0 Å². The van der Waals surface area contributed by atoms with E-state index in [9.17, 15) is 32.7 Å². The highest BCUT2D eigenvalue weighted by atomic mass is 19.4. The number of benzene rings is 2. The molecule has 6 rings (SSSR count). The van der Waals surface area contributed by atoms with Gasteiger partial charge in [-0.3, -0.25) is 34.3 Å². The van der Waals surface area contributed by atoms with E-state index in [0.717, 1.165) is 67.4 Å². The van der Waals surface area contributed by atoms with Gasteiger partial charge in [-0.2, -0.15) is 18.3 Å². The van der Waals surface area contributed by atoms with Crippen LogP contribution in [0.1, 0.15) is 72.8 Å². The molecule has 4 aromatic rings. The summed E-state index contributed by atoms with van der Waals surface area (Å²) in [7, 11) is 0. The molecule has 2 aromatic heterocycles. The Kier molecular flexibility index (Phi) is 8.96. The Bertz CT molecular complexity index is 1820. The van der Waals surface area contributed by atoms with Crippen LogP contribution in [-0.4, -0.2) is 61.6 Å². The predicted molar refractivity (Wildman–Crippen MR) is 172 cm³/mol. The Hall–Kier alpha value is -4.82. The lowest BCUT2D eigenvalue weighted by molar-refractivity contribution is -0.141. The quantitative estimate of drug-likeness (QED) is 0.194. The molecule has 3 amide bonds. The zero-order chi connectivity index (χ0) is 34.2. The normalized spacial score (nSPS) is 18.2. The number of imide groups is 1. The number of alkyl halides is 3. The third kappa shape index (κ3) is 7.50. The lowest BCUT2D eigenvalue weighted by Crippen LogP contribution is -2.47. The van der Waals surface area contributed by atoms with Crippen LogP contribution in [0.5, 0.6) is 0 Å². The molecule has 14 heteroatoms. The molecule has 2 fully saturated rings. The van der Waals surface area contributed by atoms with Gasteiger partial charge in [0.1, 0.15) is 11.7 Å². The average molecular weight is 664 g/mol. The summed E-state index contributed by atoms with van der Waals surface area (Å²) in [6, 6.07) is 12.9. The van der Waals surface area contributed by atoms with Gasteiger partial charge in [0, 0.05) is 60.8 Å². The first-order valence-corrected chi connectivity index (χ1v) is 15.7. The van der Waals surface area contributed by atoms with Gasteiger partial charge in [0.25, 0.3) is 5.91 Å². The fourth-order valence-electron chi connectivity index (χ4n) is 6.12. The fourth-order valence-corrected chi connectivity index (χ4v) is 6.12. The van der Waals surface area contributed by atoms with E-state index in [-0.39, 0.29) is 23.4 Å². The highest BCUT2D eigenvalue weighted by Gasteiger charge is 2.32. The number of pyridine rings is 1. The molecule has 48 heavy (non-hydrogen) atoms. The number of nitrogens with one attached hydrogen (secondary N) is 3. The van der Waals surface area contributed by atoms with E-state index >= 15 is 0 Å². The van der Waals surface area contributed by atoms with Gasteiger partial charge in [-0.15, -0.1) is 0 Å². The molecule has 2 aliphatic heterocycles. The van der Waals surface area contributed by atoms with E-state index < -0.39 is 29.4 Å². The number of likely N-dealkylation sites (tertiary alicyclic amines) is 1. The number of nitrogens with zero attached hydrogens (tertiary/aromatic N) is 4. The number of fused-ring (bicyclic) bond motifs is 1. The molecule has 1 unspecified atom stereocenters. The molecule has 4 N–H and O–H groups in total. The summed E-state index contributed by atoms with van der Waals surface area (Å²) in [6.07, 6.45) is 0.694. The van der Waals surface area contributed by atoms with Crippen LogP contribution in [0.15, 0.2) is 60.9 Å². The molecule has 2 saturated heterocycles. The van der Waals surface area contributed by atoms with E-state index in [1.807, 2.05) is 35.1 Å². The Morgan fingerprint density at radius 2 is 1.77 bits per heavy atom. The van der Waals surface area contributed by atoms with Gasteiger partial charge in [0.15, 0.2) is 0 Å². The first-order chi connectivity index (χ1) is 22.7. The highest BCUT2D eigenvalue weighted by molar-refractivity contribution is 6.05. The van der Waals surface area contributed by atoms with Crippen molar-refractivity contribution in [1.82, 2.24) is 25.0 Å². The molecular formula is C34H36F3N7O4. The van der Waals surface area contributed by atoms with Crippen LogP contribution in [0.4, 0.5) is 24.5 Å². The number of anilines is 2. The average Bonchev–Trinajstić information content (AvgIpc) is 3.45. The van der Waals surface area contributed by atoms with E-state index in [1.54, 1.807) is 26.0 Å². The van der Waals surface area contributed by atoms with Crippen LogP contribution < -0.4 is 16.0 Å². The maximum Gasteiger partial charge on any atom is 0.433 e. The van der Waals surface area contributed by atoms with Crippen molar-refractivity contribution in [3.8, 4) is 0 Å². The molecule has 11 nitrogen and oxygen atoms in total. The first kappa shape index (κ1) is 33.1. The Morgan fingerprint density at radius 1 is 1.04 bits per heavy atom. The summed E-state index contributed by atoms with van der Waals surface area (Å²) in [5, 5.41) is 24.7. The standard InChI is InChI=1S/C34H36F3N7O4/c1-33(2,48)25-16-27-22(15-28(25)40-31(46)21-5-9-29(38-17-21)34(35,36)37)19-44(42-27)24-11-13-43(14-12-24)18-20-3-6-23(7-4-20)39-26-8-10-30(45)41-32(26)47/h3-7,9,15-17,19,24,26,39,48H,8,10-14,18H2,1-2H3,(H,40,46)(H,41,45,47). The molecular weight excluding hydrogens is 627 g/mol. The number of piperidine rings is 2. The van der Waals surface area contributed by atoms with Crippen molar-refractivity contribution < 1.29 is 32.7 Å². The number of aliphatic hydroxyl groups is 1. The smallest absolute Gasteiger partial charge is 0.386 e. The van der Waals surface area contributed by atoms with E-state index in [4.69, 9.17) is 5.10 Å². The Balaban J connectivity index is 1.09. The SMILES string of the molecule is CC(C)(O)c1cc2nn(C3CCN(Cc4ccc(NC5CCC(=O)NC5=O)cc4)CC3)cc2cc1NC(=O)c1ccc(C(F)(F)F)nc1. The number of hydrogen-bond donors (Lipinski definition) is 4. The minimum Gasteiger partial charge on any atom is -0.386 e. The lowest BCUT2D eigenvalue weighted by Gasteiger charge is -2.32. The van der Waals surface area contributed by atoms with Crippen molar-refractivity contribution in [3.05, 3.63) is 83.3 Å². The molecule has 252 valence electrons. The molecule has 0 aliphatic carbocycles. The number of carbonyl (C=O) groups excluding carboxylic acids is 3. The third-order valence-electron chi connectivity index (χ3n) is 8.76.